The van der Waals surface area contributed by atoms with Crippen LogP contribution in [-0.2, 0) is 4.79 Å². The van der Waals surface area contributed by atoms with Crippen LogP contribution in [-0.4, -0.2) is 34.9 Å². The molecule has 0 saturated carbocycles. The summed E-state index contributed by atoms with van der Waals surface area (Å²) in [5.41, 5.74) is 0.546. The minimum Gasteiger partial charge on any atom is -0.479 e. The Bertz CT molecular complexity index is 501. The summed E-state index contributed by atoms with van der Waals surface area (Å²) in [5, 5.41) is 22.6. The summed E-state index contributed by atoms with van der Waals surface area (Å²) in [6, 6.07) is 3.05. The molecule has 0 radical (unpaired) electrons. The van der Waals surface area contributed by atoms with Gasteiger partial charge in [-0.05, 0) is 44.0 Å². The van der Waals surface area contributed by atoms with Crippen LogP contribution in [0, 0.1) is 0 Å². The highest BCUT2D eigenvalue weighted by Crippen LogP contribution is 2.34. The normalized spacial score (nSPS) is 11.8. The molecule has 1 atom stereocenters. The number of aliphatic hydroxyl groups excluding tert-OH is 1. The number of rotatable bonds is 5. The molecule has 0 unspecified atom stereocenters. The van der Waals surface area contributed by atoms with E-state index in [4.69, 9.17) is 10.2 Å². The second kappa shape index (κ2) is 7.96. The van der Waals surface area contributed by atoms with Crippen LogP contribution in [0.5, 0.6) is 0 Å². The van der Waals surface area contributed by atoms with Gasteiger partial charge >= 0.3 is 12.0 Å². The molecular formula is C11H11Br3N2O4. The van der Waals surface area contributed by atoms with Crippen LogP contribution in [0.1, 0.15) is 6.42 Å². The summed E-state index contributed by atoms with van der Waals surface area (Å²) < 4.78 is 2.20. The molecule has 0 heterocycles. The Morgan fingerprint density at radius 1 is 1.20 bits per heavy atom. The van der Waals surface area contributed by atoms with Crippen molar-refractivity contribution in [3.63, 3.8) is 0 Å². The van der Waals surface area contributed by atoms with E-state index >= 15 is 0 Å². The smallest absolute Gasteiger partial charge is 0.332 e. The zero-order valence-electron chi connectivity index (χ0n) is 9.99. The van der Waals surface area contributed by atoms with E-state index in [9.17, 15) is 9.59 Å². The largest absolute Gasteiger partial charge is 0.479 e. The zero-order valence-corrected chi connectivity index (χ0v) is 14.7. The summed E-state index contributed by atoms with van der Waals surface area (Å²) in [4.78, 5) is 22.0. The number of carboxylic acids is 1. The van der Waals surface area contributed by atoms with Crippen molar-refractivity contribution >= 4 is 65.5 Å². The number of hydrogen-bond donors (Lipinski definition) is 4. The lowest BCUT2D eigenvalue weighted by Gasteiger charge is -2.12. The SMILES string of the molecule is O=C(NCC[C@H](O)C(=O)O)Nc1c(Br)cc(Br)cc1Br. The molecule has 6 nitrogen and oxygen atoms in total. The second-order valence-electron chi connectivity index (χ2n) is 3.77. The Morgan fingerprint density at radius 3 is 2.25 bits per heavy atom. The van der Waals surface area contributed by atoms with Crippen molar-refractivity contribution in [2.45, 2.75) is 12.5 Å². The van der Waals surface area contributed by atoms with Gasteiger partial charge in [-0.15, -0.1) is 0 Å². The highest BCUT2D eigenvalue weighted by molar-refractivity contribution is 9.11. The lowest BCUT2D eigenvalue weighted by molar-refractivity contribution is -0.146. The van der Waals surface area contributed by atoms with Gasteiger partial charge < -0.3 is 20.8 Å². The van der Waals surface area contributed by atoms with E-state index in [1.54, 1.807) is 12.1 Å². The average Bonchev–Trinajstić information content (AvgIpc) is 2.33. The summed E-state index contributed by atoms with van der Waals surface area (Å²) in [5.74, 6) is -1.31. The first-order chi connectivity index (χ1) is 9.31. The Hall–Kier alpha value is -0.640. The summed E-state index contributed by atoms with van der Waals surface area (Å²) in [6.07, 6.45) is -1.55. The Morgan fingerprint density at radius 2 is 1.75 bits per heavy atom. The maximum Gasteiger partial charge on any atom is 0.332 e. The van der Waals surface area contributed by atoms with E-state index in [2.05, 4.69) is 58.4 Å². The van der Waals surface area contributed by atoms with Crippen LogP contribution in [0.2, 0.25) is 0 Å². The number of carbonyl (C=O) groups is 2. The highest BCUT2D eigenvalue weighted by Gasteiger charge is 2.14. The minimum absolute atomic E-state index is 0.0467. The fourth-order valence-corrected chi connectivity index (χ4v) is 3.72. The zero-order chi connectivity index (χ0) is 15.3. The molecule has 1 aromatic carbocycles. The van der Waals surface area contributed by atoms with Crippen molar-refractivity contribution < 1.29 is 19.8 Å². The standard InChI is InChI=1S/C11H11Br3N2O4/c12-5-3-6(13)9(7(14)4-5)16-11(20)15-2-1-8(17)10(18)19/h3-4,8,17H,1-2H2,(H,18,19)(H2,15,16,20)/t8-/m0/s1. The number of carboxylic acid groups (broad SMARTS) is 1. The van der Waals surface area contributed by atoms with Crippen LogP contribution < -0.4 is 10.6 Å². The molecule has 0 bridgehead atoms. The molecule has 0 fully saturated rings. The van der Waals surface area contributed by atoms with Gasteiger partial charge in [0.25, 0.3) is 0 Å². The van der Waals surface area contributed by atoms with Crippen LogP contribution in [0.15, 0.2) is 25.6 Å². The summed E-state index contributed by atoms with van der Waals surface area (Å²) >= 11 is 9.95. The van der Waals surface area contributed by atoms with Gasteiger partial charge in [-0.25, -0.2) is 9.59 Å². The van der Waals surface area contributed by atoms with Gasteiger partial charge in [0.15, 0.2) is 6.10 Å². The van der Waals surface area contributed by atoms with E-state index in [1.807, 2.05) is 0 Å². The third kappa shape index (κ3) is 5.39. The number of aliphatic carboxylic acids is 1. The van der Waals surface area contributed by atoms with Gasteiger partial charge in [0.2, 0.25) is 0 Å². The van der Waals surface area contributed by atoms with Crippen molar-refractivity contribution in [1.29, 1.82) is 0 Å². The van der Waals surface area contributed by atoms with Gasteiger partial charge in [0.1, 0.15) is 0 Å². The third-order valence-electron chi connectivity index (χ3n) is 2.23. The molecular weight excluding hydrogens is 464 g/mol. The molecule has 0 aliphatic rings. The van der Waals surface area contributed by atoms with Gasteiger partial charge in [-0.3, -0.25) is 0 Å². The topological polar surface area (TPSA) is 98.7 Å². The molecule has 0 spiro atoms. The van der Waals surface area contributed by atoms with Crippen molar-refractivity contribution in [1.82, 2.24) is 5.32 Å². The van der Waals surface area contributed by atoms with Crippen molar-refractivity contribution in [2.24, 2.45) is 0 Å². The lowest BCUT2D eigenvalue weighted by Crippen LogP contribution is -2.33. The predicted molar refractivity (Wildman–Crippen MR) is 84.8 cm³/mol. The number of anilines is 1. The molecule has 110 valence electrons. The monoisotopic (exact) mass is 472 g/mol. The molecule has 2 amide bonds. The quantitative estimate of drug-likeness (QED) is 0.527. The molecule has 20 heavy (non-hydrogen) atoms. The molecule has 4 N–H and O–H groups in total. The van der Waals surface area contributed by atoms with E-state index < -0.39 is 18.1 Å². The number of nitrogens with one attached hydrogen (secondary N) is 2. The van der Waals surface area contributed by atoms with Gasteiger partial charge in [-0.2, -0.15) is 0 Å². The predicted octanol–water partition coefficient (Wildman–Crippen LogP) is 2.93. The first-order valence-corrected chi connectivity index (χ1v) is 7.79. The molecule has 0 aliphatic heterocycles. The summed E-state index contributed by atoms with van der Waals surface area (Å²) in [7, 11) is 0. The fraction of sp³-hybridized carbons (Fsp3) is 0.273. The Balaban J connectivity index is 2.53. The van der Waals surface area contributed by atoms with Crippen molar-refractivity contribution in [3.05, 3.63) is 25.6 Å². The number of benzene rings is 1. The first kappa shape index (κ1) is 17.4. The fourth-order valence-electron chi connectivity index (χ4n) is 1.27. The number of halogens is 3. The lowest BCUT2D eigenvalue weighted by atomic mass is 10.2. The first-order valence-electron chi connectivity index (χ1n) is 5.41. The molecule has 0 aliphatic carbocycles. The Kier molecular flexibility index (Phi) is 6.93. The molecule has 1 aromatic rings. The minimum atomic E-state index is -1.48. The van der Waals surface area contributed by atoms with Crippen molar-refractivity contribution in [3.8, 4) is 0 Å². The maximum absolute atomic E-state index is 11.6. The molecule has 0 aromatic heterocycles. The number of amides is 2. The molecule has 0 saturated heterocycles. The van der Waals surface area contributed by atoms with E-state index in [0.717, 1.165) is 4.47 Å². The van der Waals surface area contributed by atoms with Crippen molar-refractivity contribution in [2.75, 3.05) is 11.9 Å². The number of hydrogen-bond acceptors (Lipinski definition) is 3. The van der Waals surface area contributed by atoms with E-state index in [0.29, 0.717) is 14.6 Å². The Labute approximate surface area is 140 Å². The van der Waals surface area contributed by atoms with Crippen LogP contribution in [0.4, 0.5) is 10.5 Å². The van der Waals surface area contributed by atoms with Gasteiger partial charge in [0.05, 0.1) is 5.69 Å². The van der Waals surface area contributed by atoms with Crippen LogP contribution >= 0.6 is 47.8 Å². The van der Waals surface area contributed by atoms with Crippen LogP contribution in [0.25, 0.3) is 0 Å². The molecule has 1 rings (SSSR count). The summed E-state index contributed by atoms with van der Waals surface area (Å²) in [6.45, 7) is 0.0467. The van der Waals surface area contributed by atoms with Crippen LogP contribution in [0.3, 0.4) is 0 Å². The van der Waals surface area contributed by atoms with Gasteiger partial charge in [-0.1, -0.05) is 15.9 Å². The second-order valence-corrected chi connectivity index (χ2v) is 6.39. The van der Waals surface area contributed by atoms with Gasteiger partial charge in [0, 0.05) is 26.4 Å². The number of aliphatic hydroxyl groups is 1. The molecule has 9 heteroatoms. The van der Waals surface area contributed by atoms with E-state index in [1.165, 1.54) is 0 Å². The highest BCUT2D eigenvalue weighted by atomic mass is 79.9. The van der Waals surface area contributed by atoms with E-state index in [-0.39, 0.29) is 13.0 Å². The number of urea groups is 1. The number of carbonyl (C=O) groups excluding carboxylic acids is 1. The maximum atomic E-state index is 11.6. The third-order valence-corrected chi connectivity index (χ3v) is 3.94. The average molecular weight is 475 g/mol.